The van der Waals surface area contributed by atoms with E-state index in [1.807, 2.05) is 24.3 Å². The number of nitrogens with zero attached hydrogens (tertiary/aromatic N) is 3. The Hall–Kier alpha value is -2.58. The quantitative estimate of drug-likeness (QED) is 0.426. The fraction of sp³-hybridized carbons (Fsp3) is 0.607. The van der Waals surface area contributed by atoms with Crippen LogP contribution in [0.3, 0.4) is 0 Å². The van der Waals surface area contributed by atoms with Gasteiger partial charge in [0.2, 0.25) is 11.9 Å². The molecule has 1 aromatic heterocycles. The summed E-state index contributed by atoms with van der Waals surface area (Å²) < 4.78 is 5.91. The van der Waals surface area contributed by atoms with Gasteiger partial charge in [-0.2, -0.15) is 4.98 Å². The highest BCUT2D eigenvalue weighted by Crippen LogP contribution is 2.65. The summed E-state index contributed by atoms with van der Waals surface area (Å²) in [5, 5.41) is 10.2. The van der Waals surface area contributed by atoms with Gasteiger partial charge in [-0.1, -0.05) is 25.4 Å². The van der Waals surface area contributed by atoms with E-state index in [1.165, 1.54) is 25.9 Å². The molecule has 200 valence electrons. The number of hydrogen-bond donors (Lipinski definition) is 3. The van der Waals surface area contributed by atoms with Crippen molar-refractivity contribution in [1.29, 1.82) is 0 Å². The first-order valence-electron chi connectivity index (χ1n) is 13.5. The van der Waals surface area contributed by atoms with Gasteiger partial charge < -0.3 is 20.7 Å². The Labute approximate surface area is 224 Å². The van der Waals surface area contributed by atoms with Crippen molar-refractivity contribution in [3.05, 3.63) is 35.5 Å². The van der Waals surface area contributed by atoms with Crippen molar-refractivity contribution in [2.75, 3.05) is 43.9 Å². The molecule has 2 aromatic rings. The summed E-state index contributed by atoms with van der Waals surface area (Å²) in [5.74, 6) is 2.62. The second kappa shape index (κ2) is 10.3. The first-order chi connectivity index (χ1) is 17.7. The van der Waals surface area contributed by atoms with E-state index >= 15 is 0 Å². The molecular weight excluding hydrogens is 488 g/mol. The Kier molecular flexibility index (Phi) is 7.24. The molecule has 0 spiro atoms. The Morgan fingerprint density at radius 3 is 2.57 bits per heavy atom. The van der Waals surface area contributed by atoms with Crippen LogP contribution in [-0.2, 0) is 4.79 Å². The van der Waals surface area contributed by atoms with Gasteiger partial charge in [-0.25, -0.2) is 4.98 Å². The van der Waals surface area contributed by atoms with Gasteiger partial charge in [-0.3, -0.25) is 9.69 Å². The summed E-state index contributed by atoms with van der Waals surface area (Å²) in [6, 6.07) is 7.82. The Bertz CT molecular complexity index is 1120. The summed E-state index contributed by atoms with van der Waals surface area (Å²) in [6.07, 6.45) is 6.14. The first kappa shape index (κ1) is 26.0. The minimum Gasteiger partial charge on any atom is -0.492 e. The molecular formula is C28H39ClN6O2. The van der Waals surface area contributed by atoms with E-state index in [9.17, 15) is 4.79 Å². The molecule has 1 amide bonds. The molecule has 1 saturated heterocycles. The molecule has 1 unspecified atom stereocenters. The highest BCUT2D eigenvalue weighted by atomic mass is 35.5. The molecule has 1 aliphatic heterocycles. The van der Waals surface area contributed by atoms with Crippen molar-refractivity contribution in [1.82, 2.24) is 20.2 Å². The summed E-state index contributed by atoms with van der Waals surface area (Å²) in [6.45, 7) is 10.8. The zero-order chi connectivity index (χ0) is 26.2. The van der Waals surface area contributed by atoms with Crippen molar-refractivity contribution in [3.8, 4) is 5.75 Å². The lowest BCUT2D eigenvalue weighted by atomic mass is 9.40. The smallest absolute Gasteiger partial charge is 0.229 e. The van der Waals surface area contributed by atoms with Crippen LogP contribution in [0.2, 0.25) is 5.02 Å². The van der Waals surface area contributed by atoms with E-state index in [4.69, 9.17) is 21.3 Å². The molecule has 37 heavy (non-hydrogen) atoms. The number of carbonyl (C=O) groups excluding carboxylic acids is 1. The van der Waals surface area contributed by atoms with Gasteiger partial charge >= 0.3 is 0 Å². The van der Waals surface area contributed by atoms with E-state index in [0.29, 0.717) is 35.2 Å². The minimum atomic E-state index is -0.471. The van der Waals surface area contributed by atoms with E-state index < -0.39 is 5.54 Å². The standard InChI is InChI=1S/C28H39ClN6O2/c1-27(2)18-15-21(25(36)30-4)28(3,23(27)16-18)34-24-22(29)17-31-26(33-24)32-19-7-9-20(10-8-19)37-14-13-35-11-5-6-12-35/h7-10,17-18,21,23H,5-6,11-16H2,1-4H3,(H,30,36)(H2,31,32,33,34)/t18-,21+,23?,28-/m1/s1. The SMILES string of the molecule is CNC(=O)[C@@H]1C[C@@H]2CC(C2(C)C)[C@]1(C)Nc1nc(Nc2ccc(OCCN3CCCC3)cc2)ncc1Cl. The van der Waals surface area contributed by atoms with Crippen LogP contribution in [0, 0.1) is 23.2 Å². The lowest BCUT2D eigenvalue weighted by molar-refractivity contribution is -0.155. The number of nitrogens with one attached hydrogen (secondary N) is 3. The molecule has 6 rings (SSSR count). The second-order valence-electron chi connectivity index (χ2n) is 11.6. The molecule has 4 atom stereocenters. The Morgan fingerprint density at radius 2 is 1.89 bits per heavy atom. The fourth-order valence-electron chi connectivity index (χ4n) is 6.77. The lowest BCUT2D eigenvalue weighted by Gasteiger charge is -2.66. The molecule has 2 bridgehead atoms. The molecule has 3 N–H and O–H groups in total. The van der Waals surface area contributed by atoms with Crippen LogP contribution in [-0.4, -0.2) is 59.6 Å². The van der Waals surface area contributed by atoms with E-state index in [1.54, 1.807) is 13.2 Å². The molecule has 3 aliphatic carbocycles. The number of hydrogen-bond acceptors (Lipinski definition) is 7. The number of carbonyl (C=O) groups is 1. The van der Waals surface area contributed by atoms with Crippen LogP contribution < -0.4 is 20.7 Å². The first-order valence-corrected chi connectivity index (χ1v) is 13.8. The monoisotopic (exact) mass is 526 g/mol. The third-order valence-electron chi connectivity index (χ3n) is 9.12. The zero-order valence-electron chi connectivity index (χ0n) is 22.3. The number of aromatic nitrogens is 2. The van der Waals surface area contributed by atoms with Crippen molar-refractivity contribution < 1.29 is 9.53 Å². The Morgan fingerprint density at radius 1 is 1.16 bits per heavy atom. The topological polar surface area (TPSA) is 91.4 Å². The van der Waals surface area contributed by atoms with Gasteiger partial charge in [0.05, 0.1) is 17.7 Å². The normalized spacial score (nSPS) is 28.3. The lowest BCUT2D eigenvalue weighted by Crippen LogP contribution is -2.69. The van der Waals surface area contributed by atoms with Crippen molar-refractivity contribution >= 4 is 35.0 Å². The van der Waals surface area contributed by atoms with Gasteiger partial charge in [0.25, 0.3) is 0 Å². The highest BCUT2D eigenvalue weighted by Gasteiger charge is 2.64. The number of rotatable bonds is 9. The van der Waals surface area contributed by atoms with Gasteiger partial charge in [0.15, 0.2) is 5.82 Å². The number of anilines is 3. The maximum Gasteiger partial charge on any atom is 0.229 e. The summed E-state index contributed by atoms with van der Waals surface area (Å²) in [4.78, 5) is 24.4. The van der Waals surface area contributed by atoms with Crippen LogP contribution in [0.15, 0.2) is 30.5 Å². The molecule has 3 saturated carbocycles. The number of amides is 1. The molecule has 4 aliphatic rings. The largest absolute Gasteiger partial charge is 0.492 e. The van der Waals surface area contributed by atoms with E-state index in [2.05, 4.69) is 46.6 Å². The molecule has 8 nitrogen and oxygen atoms in total. The van der Waals surface area contributed by atoms with Crippen molar-refractivity contribution in [2.24, 2.45) is 23.2 Å². The molecule has 0 radical (unpaired) electrons. The molecule has 2 heterocycles. The maximum absolute atomic E-state index is 12.9. The van der Waals surface area contributed by atoms with Crippen molar-refractivity contribution in [2.45, 2.75) is 52.0 Å². The minimum absolute atomic E-state index is 0.0615. The van der Waals surface area contributed by atoms with Crippen LogP contribution in [0.5, 0.6) is 5.75 Å². The predicted molar refractivity (Wildman–Crippen MR) is 148 cm³/mol. The van der Waals surface area contributed by atoms with E-state index in [-0.39, 0.29) is 17.2 Å². The predicted octanol–water partition coefficient (Wildman–Crippen LogP) is 4.95. The average molecular weight is 527 g/mol. The number of likely N-dealkylation sites (tertiary alicyclic amines) is 1. The van der Waals surface area contributed by atoms with Gasteiger partial charge in [-0.15, -0.1) is 0 Å². The number of ether oxygens (including phenoxy) is 1. The van der Waals surface area contributed by atoms with Crippen LogP contribution in [0.1, 0.15) is 46.5 Å². The summed E-state index contributed by atoms with van der Waals surface area (Å²) in [5.41, 5.74) is 0.544. The van der Waals surface area contributed by atoms with Crippen LogP contribution in [0.25, 0.3) is 0 Å². The van der Waals surface area contributed by atoms with Gasteiger partial charge in [0.1, 0.15) is 17.4 Å². The summed E-state index contributed by atoms with van der Waals surface area (Å²) >= 11 is 6.55. The molecule has 4 fully saturated rings. The average Bonchev–Trinajstić information content (AvgIpc) is 3.40. The van der Waals surface area contributed by atoms with Crippen LogP contribution in [0.4, 0.5) is 17.5 Å². The third kappa shape index (κ3) is 5.10. The number of halogens is 1. The molecule has 9 heteroatoms. The fourth-order valence-corrected chi connectivity index (χ4v) is 6.90. The van der Waals surface area contributed by atoms with Gasteiger partial charge in [0, 0.05) is 19.3 Å². The third-order valence-corrected chi connectivity index (χ3v) is 9.40. The second-order valence-corrected chi connectivity index (χ2v) is 12.0. The maximum atomic E-state index is 12.9. The molecule has 1 aromatic carbocycles. The van der Waals surface area contributed by atoms with E-state index in [0.717, 1.165) is 30.8 Å². The van der Waals surface area contributed by atoms with Gasteiger partial charge in [-0.05, 0) is 87.2 Å². The number of fused-ring (bicyclic) bond motifs is 2. The van der Waals surface area contributed by atoms with Crippen LogP contribution >= 0.6 is 11.6 Å². The zero-order valence-corrected chi connectivity index (χ0v) is 23.1. The van der Waals surface area contributed by atoms with Crippen molar-refractivity contribution in [3.63, 3.8) is 0 Å². The Balaban J connectivity index is 1.26. The number of benzene rings is 1. The highest BCUT2D eigenvalue weighted by molar-refractivity contribution is 6.32. The summed E-state index contributed by atoms with van der Waals surface area (Å²) in [7, 11) is 1.71.